The van der Waals surface area contributed by atoms with Gasteiger partial charge in [0.15, 0.2) is 0 Å². The summed E-state index contributed by atoms with van der Waals surface area (Å²) < 4.78 is 7.83. The molecule has 2 aliphatic rings. The van der Waals surface area contributed by atoms with Gasteiger partial charge < -0.3 is 9.84 Å². The van der Waals surface area contributed by atoms with Crippen molar-refractivity contribution in [2.75, 3.05) is 13.7 Å². The second kappa shape index (κ2) is 5.99. The van der Waals surface area contributed by atoms with E-state index in [-0.39, 0.29) is 17.7 Å². The minimum Gasteiger partial charge on any atom is -0.393 e. The summed E-state index contributed by atoms with van der Waals surface area (Å²) in [5.41, 5.74) is 1.94. The van der Waals surface area contributed by atoms with E-state index in [4.69, 9.17) is 21.4 Å². The van der Waals surface area contributed by atoms with E-state index < -0.39 is 0 Å². The van der Waals surface area contributed by atoms with Crippen LogP contribution in [0.5, 0.6) is 0 Å². The van der Waals surface area contributed by atoms with Crippen LogP contribution >= 0.6 is 11.6 Å². The lowest BCUT2D eigenvalue weighted by Gasteiger charge is -2.42. The van der Waals surface area contributed by atoms with Gasteiger partial charge in [0, 0.05) is 38.7 Å². The molecule has 0 bridgehead atoms. The molecule has 0 spiro atoms. The van der Waals surface area contributed by atoms with Crippen molar-refractivity contribution < 1.29 is 9.84 Å². The van der Waals surface area contributed by atoms with Gasteiger partial charge in [-0.3, -0.25) is 9.58 Å². The Morgan fingerprint density at radius 2 is 2.25 bits per heavy atom. The van der Waals surface area contributed by atoms with Crippen LogP contribution in [-0.2, 0) is 18.3 Å². The predicted octanol–water partition coefficient (Wildman–Crippen LogP) is 2.73. The molecule has 130 valence electrons. The molecular weight excluding hydrogens is 326 g/mol. The standard InChI is InChI=1S/C18H24ClN3O2/c1-21-15-5-3-4-13(19)17(15)14(20-21)11-22-9-8-18(24-2)7-6-12(23)10-16(18)22/h3-5,12,16,23H,6-11H2,1-2H3/t12-,16-,18+/m0/s1. The Morgan fingerprint density at radius 3 is 3.04 bits per heavy atom. The Bertz CT molecular complexity index is 762. The van der Waals surface area contributed by atoms with Crippen LogP contribution < -0.4 is 0 Å². The molecule has 1 aromatic heterocycles. The molecule has 1 saturated carbocycles. The van der Waals surface area contributed by atoms with E-state index in [2.05, 4.69) is 4.90 Å². The number of aliphatic hydroxyl groups excluding tert-OH is 1. The fraction of sp³-hybridized carbons (Fsp3) is 0.611. The van der Waals surface area contributed by atoms with Crippen LogP contribution in [0.3, 0.4) is 0 Å². The number of aryl methyl sites for hydroxylation is 1. The molecule has 5 nitrogen and oxygen atoms in total. The number of hydrogen-bond acceptors (Lipinski definition) is 4. The van der Waals surface area contributed by atoms with Crippen molar-refractivity contribution >= 4 is 22.5 Å². The number of ether oxygens (including phenoxy) is 1. The monoisotopic (exact) mass is 349 g/mol. The van der Waals surface area contributed by atoms with E-state index in [1.807, 2.05) is 29.9 Å². The molecule has 1 aliphatic heterocycles. The topological polar surface area (TPSA) is 50.5 Å². The van der Waals surface area contributed by atoms with Crippen molar-refractivity contribution in [3.05, 3.63) is 28.9 Å². The number of rotatable bonds is 3. The van der Waals surface area contributed by atoms with E-state index in [0.29, 0.717) is 0 Å². The first kappa shape index (κ1) is 16.3. The van der Waals surface area contributed by atoms with Gasteiger partial charge in [0.1, 0.15) is 0 Å². The third-order valence-corrected chi connectivity index (χ3v) is 6.24. The molecule has 0 unspecified atom stereocenters. The van der Waals surface area contributed by atoms with E-state index in [1.54, 1.807) is 7.11 Å². The number of benzene rings is 1. The van der Waals surface area contributed by atoms with E-state index >= 15 is 0 Å². The number of nitrogens with zero attached hydrogens (tertiary/aromatic N) is 3. The van der Waals surface area contributed by atoms with Gasteiger partial charge >= 0.3 is 0 Å². The lowest BCUT2D eigenvalue weighted by atomic mass is 9.79. The minimum atomic E-state index is -0.233. The van der Waals surface area contributed by atoms with Crippen LogP contribution in [-0.4, -0.2) is 51.2 Å². The van der Waals surface area contributed by atoms with Gasteiger partial charge in [-0.1, -0.05) is 17.7 Å². The summed E-state index contributed by atoms with van der Waals surface area (Å²) in [6, 6.07) is 6.17. The second-order valence-electron chi connectivity index (χ2n) is 7.14. The fourth-order valence-corrected chi connectivity index (χ4v) is 4.89. The number of methoxy groups -OCH3 is 1. The number of aromatic nitrogens is 2. The number of aliphatic hydroxyl groups is 1. The van der Waals surface area contributed by atoms with Gasteiger partial charge in [-0.25, -0.2) is 0 Å². The predicted molar refractivity (Wildman–Crippen MR) is 94.1 cm³/mol. The van der Waals surface area contributed by atoms with Crippen LogP contribution in [0, 0.1) is 0 Å². The molecule has 2 aromatic rings. The Labute approximate surface area is 147 Å². The molecule has 1 saturated heterocycles. The summed E-state index contributed by atoms with van der Waals surface area (Å²) in [4.78, 5) is 2.41. The van der Waals surface area contributed by atoms with Crippen LogP contribution in [0.1, 0.15) is 31.4 Å². The molecule has 3 atom stereocenters. The van der Waals surface area contributed by atoms with Crippen LogP contribution in [0.4, 0.5) is 0 Å². The Morgan fingerprint density at radius 1 is 1.42 bits per heavy atom. The van der Waals surface area contributed by atoms with Crippen LogP contribution in [0.2, 0.25) is 5.02 Å². The highest BCUT2D eigenvalue weighted by molar-refractivity contribution is 6.35. The molecule has 24 heavy (non-hydrogen) atoms. The quantitative estimate of drug-likeness (QED) is 0.925. The first-order valence-corrected chi connectivity index (χ1v) is 8.99. The highest BCUT2D eigenvalue weighted by atomic mass is 35.5. The maximum absolute atomic E-state index is 10.1. The highest BCUT2D eigenvalue weighted by Gasteiger charge is 2.50. The van der Waals surface area contributed by atoms with E-state index in [0.717, 1.165) is 60.4 Å². The second-order valence-corrected chi connectivity index (χ2v) is 7.54. The summed E-state index contributed by atoms with van der Waals surface area (Å²) in [5.74, 6) is 0. The van der Waals surface area contributed by atoms with E-state index in [1.165, 1.54) is 0 Å². The summed E-state index contributed by atoms with van der Waals surface area (Å²) >= 11 is 6.44. The average molecular weight is 350 g/mol. The third kappa shape index (κ3) is 2.46. The first-order chi connectivity index (χ1) is 11.5. The molecule has 1 aromatic carbocycles. The minimum absolute atomic E-state index is 0.117. The molecule has 6 heteroatoms. The van der Waals surface area contributed by atoms with Crippen molar-refractivity contribution in [3.63, 3.8) is 0 Å². The van der Waals surface area contributed by atoms with Gasteiger partial charge in [0.2, 0.25) is 0 Å². The fourth-order valence-electron chi connectivity index (χ4n) is 4.62. The zero-order valence-corrected chi connectivity index (χ0v) is 15.0. The third-order valence-electron chi connectivity index (χ3n) is 5.93. The smallest absolute Gasteiger partial charge is 0.0858 e. The maximum Gasteiger partial charge on any atom is 0.0858 e. The largest absolute Gasteiger partial charge is 0.393 e. The SMILES string of the molecule is CO[C@@]12CC[C@H](O)C[C@@H]1N(Cc1nn(C)c3cccc(Cl)c13)CC2. The van der Waals surface area contributed by atoms with Crippen molar-refractivity contribution in [2.24, 2.45) is 7.05 Å². The molecule has 1 aliphatic carbocycles. The molecule has 2 fully saturated rings. The number of halogens is 1. The van der Waals surface area contributed by atoms with Crippen molar-refractivity contribution in [3.8, 4) is 0 Å². The van der Waals surface area contributed by atoms with Gasteiger partial charge in [-0.2, -0.15) is 5.10 Å². The summed E-state index contributed by atoms with van der Waals surface area (Å²) in [7, 11) is 3.76. The Hall–Kier alpha value is -1.14. The first-order valence-electron chi connectivity index (χ1n) is 8.61. The van der Waals surface area contributed by atoms with Crippen LogP contribution in [0.25, 0.3) is 10.9 Å². The lowest BCUT2D eigenvalue weighted by molar-refractivity contribution is -0.0880. The average Bonchev–Trinajstić information content (AvgIpc) is 3.08. The zero-order valence-electron chi connectivity index (χ0n) is 14.2. The van der Waals surface area contributed by atoms with Gasteiger partial charge in [-0.05, 0) is 37.8 Å². The van der Waals surface area contributed by atoms with Crippen LogP contribution in [0.15, 0.2) is 18.2 Å². The normalized spacial score (nSPS) is 30.8. The number of fused-ring (bicyclic) bond motifs is 2. The van der Waals surface area contributed by atoms with Gasteiger partial charge in [-0.15, -0.1) is 0 Å². The lowest BCUT2D eigenvalue weighted by Crippen LogP contribution is -2.51. The molecule has 1 N–H and O–H groups in total. The van der Waals surface area contributed by atoms with Gasteiger partial charge in [0.05, 0.1) is 27.9 Å². The zero-order chi connectivity index (χ0) is 16.9. The van der Waals surface area contributed by atoms with Gasteiger partial charge in [0.25, 0.3) is 0 Å². The van der Waals surface area contributed by atoms with Crippen molar-refractivity contribution in [1.29, 1.82) is 0 Å². The maximum atomic E-state index is 10.1. The Kier molecular flexibility index (Phi) is 4.07. The summed E-state index contributed by atoms with van der Waals surface area (Å²) in [6.45, 7) is 1.71. The molecule has 0 radical (unpaired) electrons. The summed E-state index contributed by atoms with van der Waals surface area (Å²) in [6.07, 6.45) is 3.31. The Balaban J connectivity index is 1.66. The highest BCUT2D eigenvalue weighted by Crippen LogP contribution is 2.43. The molecule has 0 amide bonds. The number of likely N-dealkylation sites (tertiary alicyclic amines) is 1. The molecule has 4 rings (SSSR count). The molecule has 2 heterocycles. The van der Waals surface area contributed by atoms with Crippen molar-refractivity contribution in [2.45, 2.75) is 50.0 Å². The molecular formula is C18H24ClN3O2. The van der Waals surface area contributed by atoms with Crippen molar-refractivity contribution in [1.82, 2.24) is 14.7 Å². The summed E-state index contributed by atoms with van der Waals surface area (Å²) in [5, 5.41) is 16.6. The number of hydrogen-bond donors (Lipinski definition) is 1. The van der Waals surface area contributed by atoms with E-state index in [9.17, 15) is 5.11 Å².